The molecule has 2 heterocycles. The van der Waals surface area contributed by atoms with E-state index in [2.05, 4.69) is 69.9 Å². The Bertz CT molecular complexity index is 886. The molecule has 0 bridgehead atoms. The normalized spacial score (nSPS) is 21.5. The van der Waals surface area contributed by atoms with Crippen LogP contribution >= 0.6 is 0 Å². The van der Waals surface area contributed by atoms with Crippen LogP contribution in [0, 0.1) is 12.3 Å². The third-order valence-electron chi connectivity index (χ3n) is 5.67. The molecule has 6 nitrogen and oxygen atoms in total. The first-order chi connectivity index (χ1) is 12.6. The predicted octanol–water partition coefficient (Wildman–Crippen LogP) is 3.02. The van der Waals surface area contributed by atoms with E-state index in [1.807, 2.05) is 13.0 Å². The first-order valence-corrected chi connectivity index (χ1v) is 9.25. The van der Waals surface area contributed by atoms with E-state index >= 15 is 0 Å². The lowest BCUT2D eigenvalue weighted by Crippen LogP contribution is -2.56. The molecule has 0 radical (unpaired) electrons. The molecule has 6 heteroatoms. The first kappa shape index (κ1) is 17.0. The molecule has 0 spiro atoms. The summed E-state index contributed by atoms with van der Waals surface area (Å²) in [7, 11) is 0. The second-order valence-electron chi connectivity index (χ2n) is 7.71. The van der Waals surface area contributed by atoms with Gasteiger partial charge in [-0.3, -0.25) is 0 Å². The average molecular weight is 350 g/mol. The van der Waals surface area contributed by atoms with Gasteiger partial charge in [0.1, 0.15) is 12.1 Å². The molecule has 1 fully saturated rings. The number of fused-ring (bicyclic) bond motifs is 1. The first-order valence-electron chi connectivity index (χ1n) is 9.25. The largest absolute Gasteiger partial charge is 0.369 e. The predicted molar refractivity (Wildman–Crippen MR) is 103 cm³/mol. The number of anilines is 1. The molecule has 2 aromatic heterocycles. The van der Waals surface area contributed by atoms with E-state index in [1.165, 1.54) is 18.3 Å². The zero-order chi connectivity index (χ0) is 18.1. The lowest BCUT2D eigenvalue weighted by atomic mass is 9.56. The topological polar surface area (TPSA) is 67.1 Å². The minimum Gasteiger partial charge on any atom is -0.369 e. The molecule has 2 atom stereocenters. The maximum atomic E-state index is 4.37. The summed E-state index contributed by atoms with van der Waals surface area (Å²) in [5.74, 6) is 2.19. The summed E-state index contributed by atoms with van der Waals surface area (Å²) in [5.41, 5.74) is 2.66. The second-order valence-corrected chi connectivity index (χ2v) is 7.71. The molecule has 3 aromatic rings. The number of benzene rings is 1. The summed E-state index contributed by atoms with van der Waals surface area (Å²) in [5, 5.41) is 11.4. The lowest BCUT2D eigenvalue weighted by molar-refractivity contribution is 0.0703. The van der Waals surface area contributed by atoms with Crippen LogP contribution < -0.4 is 10.6 Å². The molecule has 1 aliphatic carbocycles. The van der Waals surface area contributed by atoms with Gasteiger partial charge in [-0.05, 0) is 30.2 Å². The molecular formula is C20H26N6. The number of aryl methyl sites for hydroxylation is 1. The number of hydrogen-bond acceptors (Lipinski definition) is 5. The van der Waals surface area contributed by atoms with Gasteiger partial charge in [-0.2, -0.15) is 14.6 Å². The van der Waals surface area contributed by atoms with Crippen LogP contribution in [0.5, 0.6) is 0 Å². The molecule has 2 N–H and O–H groups in total. The van der Waals surface area contributed by atoms with E-state index in [0.717, 1.165) is 24.6 Å². The molecule has 136 valence electrons. The Labute approximate surface area is 154 Å². The van der Waals surface area contributed by atoms with Gasteiger partial charge < -0.3 is 10.6 Å². The fourth-order valence-electron chi connectivity index (χ4n) is 4.02. The Morgan fingerprint density at radius 3 is 2.77 bits per heavy atom. The van der Waals surface area contributed by atoms with Crippen molar-refractivity contribution in [1.82, 2.24) is 24.9 Å². The van der Waals surface area contributed by atoms with Gasteiger partial charge in [-0.1, -0.05) is 44.2 Å². The van der Waals surface area contributed by atoms with Crippen LogP contribution in [0.1, 0.15) is 37.4 Å². The molecule has 0 unspecified atom stereocenters. The molecule has 0 aliphatic heterocycles. The van der Waals surface area contributed by atoms with Crippen molar-refractivity contribution in [2.45, 2.75) is 39.2 Å². The maximum Gasteiger partial charge on any atom is 0.254 e. The summed E-state index contributed by atoms with van der Waals surface area (Å²) in [6.45, 7) is 8.45. The van der Waals surface area contributed by atoms with Crippen molar-refractivity contribution in [2.75, 3.05) is 18.4 Å². The van der Waals surface area contributed by atoms with Gasteiger partial charge in [0.15, 0.2) is 0 Å². The Kier molecular flexibility index (Phi) is 4.36. The second kappa shape index (κ2) is 6.68. The minimum atomic E-state index is 0.272. The van der Waals surface area contributed by atoms with Crippen LogP contribution in [0.25, 0.3) is 5.78 Å². The van der Waals surface area contributed by atoms with Crippen molar-refractivity contribution in [3.8, 4) is 0 Å². The van der Waals surface area contributed by atoms with E-state index in [4.69, 9.17) is 0 Å². The zero-order valence-corrected chi connectivity index (χ0v) is 15.6. The molecule has 1 aliphatic rings. The molecule has 4 rings (SSSR count). The van der Waals surface area contributed by atoms with Gasteiger partial charge in [-0.15, -0.1) is 0 Å². The van der Waals surface area contributed by atoms with Crippen molar-refractivity contribution in [2.24, 2.45) is 5.41 Å². The highest BCUT2D eigenvalue weighted by Crippen LogP contribution is 2.52. The van der Waals surface area contributed by atoms with Crippen molar-refractivity contribution >= 4 is 11.6 Å². The van der Waals surface area contributed by atoms with Crippen LogP contribution in [-0.2, 0) is 0 Å². The van der Waals surface area contributed by atoms with Crippen LogP contribution in [0.2, 0.25) is 0 Å². The van der Waals surface area contributed by atoms with Crippen molar-refractivity contribution in [3.63, 3.8) is 0 Å². The highest BCUT2D eigenvalue weighted by atomic mass is 15.3. The highest BCUT2D eigenvalue weighted by Gasteiger charge is 2.48. The standard InChI is InChI=1S/C20H26N6/c1-14-11-18(26-19(25-14)23-13-24-26)22-10-9-21-17-12-16(20(17,2)3)15-7-5-4-6-8-15/h4-8,11,13,16-17,21-22H,9-10,12H2,1-3H3/t16-,17-/m0/s1. The number of rotatable bonds is 6. The molecule has 1 saturated carbocycles. The van der Waals surface area contributed by atoms with Gasteiger partial charge in [0, 0.05) is 30.9 Å². The van der Waals surface area contributed by atoms with Gasteiger partial charge >= 0.3 is 0 Å². The third kappa shape index (κ3) is 3.05. The number of nitrogens with zero attached hydrogens (tertiary/aromatic N) is 4. The molecule has 26 heavy (non-hydrogen) atoms. The quantitative estimate of drug-likeness (QED) is 0.669. The summed E-state index contributed by atoms with van der Waals surface area (Å²) in [6, 6.07) is 13.4. The van der Waals surface area contributed by atoms with E-state index in [0.29, 0.717) is 17.7 Å². The summed E-state index contributed by atoms with van der Waals surface area (Å²) < 4.78 is 1.74. The Morgan fingerprint density at radius 1 is 1.19 bits per heavy atom. The maximum absolute atomic E-state index is 4.37. The van der Waals surface area contributed by atoms with E-state index in [1.54, 1.807) is 4.52 Å². The molecule has 0 saturated heterocycles. The number of hydrogen-bond donors (Lipinski definition) is 2. The van der Waals surface area contributed by atoms with E-state index < -0.39 is 0 Å². The zero-order valence-electron chi connectivity index (χ0n) is 15.6. The molecule has 0 amide bonds. The summed E-state index contributed by atoms with van der Waals surface area (Å²) in [6.07, 6.45) is 2.73. The number of nitrogens with one attached hydrogen (secondary N) is 2. The van der Waals surface area contributed by atoms with Gasteiger partial charge in [0.05, 0.1) is 0 Å². The Morgan fingerprint density at radius 2 is 2.00 bits per heavy atom. The van der Waals surface area contributed by atoms with Crippen molar-refractivity contribution < 1.29 is 0 Å². The number of aromatic nitrogens is 4. The van der Waals surface area contributed by atoms with Gasteiger partial charge in [0.25, 0.3) is 5.78 Å². The highest BCUT2D eigenvalue weighted by molar-refractivity contribution is 5.44. The van der Waals surface area contributed by atoms with Crippen LogP contribution in [0.4, 0.5) is 5.82 Å². The average Bonchev–Trinajstić information content (AvgIpc) is 3.09. The van der Waals surface area contributed by atoms with Crippen molar-refractivity contribution in [3.05, 3.63) is 54.0 Å². The fourth-order valence-corrected chi connectivity index (χ4v) is 4.02. The smallest absolute Gasteiger partial charge is 0.254 e. The van der Waals surface area contributed by atoms with Crippen LogP contribution in [0.3, 0.4) is 0 Å². The van der Waals surface area contributed by atoms with Gasteiger partial charge in [-0.25, -0.2) is 4.98 Å². The third-order valence-corrected chi connectivity index (χ3v) is 5.67. The lowest BCUT2D eigenvalue weighted by Gasteiger charge is -2.53. The van der Waals surface area contributed by atoms with Crippen LogP contribution in [-0.4, -0.2) is 38.7 Å². The van der Waals surface area contributed by atoms with E-state index in [-0.39, 0.29) is 5.41 Å². The van der Waals surface area contributed by atoms with E-state index in [9.17, 15) is 0 Å². The molecule has 1 aromatic carbocycles. The van der Waals surface area contributed by atoms with Crippen molar-refractivity contribution in [1.29, 1.82) is 0 Å². The summed E-state index contributed by atoms with van der Waals surface area (Å²) in [4.78, 5) is 8.53. The summed E-state index contributed by atoms with van der Waals surface area (Å²) >= 11 is 0. The Balaban J connectivity index is 1.31. The SMILES string of the molecule is Cc1cc(NCCN[C@H]2C[C@@H](c3ccccc3)C2(C)C)n2ncnc2n1. The molecular weight excluding hydrogens is 324 g/mol. The van der Waals surface area contributed by atoms with Gasteiger partial charge in [0.2, 0.25) is 0 Å². The fraction of sp³-hybridized carbons (Fsp3) is 0.450. The monoisotopic (exact) mass is 350 g/mol. The Hall–Kier alpha value is -2.47. The van der Waals surface area contributed by atoms with Crippen LogP contribution in [0.15, 0.2) is 42.7 Å². The minimum absolute atomic E-state index is 0.272.